The van der Waals surface area contributed by atoms with Crippen LogP contribution < -0.4 is 0 Å². The van der Waals surface area contributed by atoms with Crippen molar-refractivity contribution in [1.29, 1.82) is 0 Å². The minimum absolute atomic E-state index is 0.0468. The van der Waals surface area contributed by atoms with E-state index in [1.165, 1.54) is 6.07 Å². The Balaban J connectivity index is 3.04. The number of halogens is 1. The smallest absolute Gasteiger partial charge is 0.302 e. The molecule has 1 rings (SSSR count). The first-order valence-corrected chi connectivity index (χ1v) is 4.01. The van der Waals surface area contributed by atoms with E-state index in [0.29, 0.717) is 11.8 Å². The van der Waals surface area contributed by atoms with E-state index in [9.17, 15) is 19.3 Å². The zero-order valence-electron chi connectivity index (χ0n) is 7.57. The van der Waals surface area contributed by atoms with Crippen LogP contribution in [0.2, 0.25) is 0 Å². The van der Waals surface area contributed by atoms with E-state index >= 15 is 0 Å². The summed E-state index contributed by atoms with van der Waals surface area (Å²) < 4.78 is 12.9. The van der Waals surface area contributed by atoms with Crippen LogP contribution in [0.1, 0.15) is 12.0 Å². The summed E-state index contributed by atoms with van der Waals surface area (Å²) in [6.07, 6.45) is 0.663. The highest BCUT2D eigenvalue weighted by molar-refractivity contribution is 5.55. The van der Waals surface area contributed by atoms with Gasteiger partial charge in [-0.15, -0.1) is 0 Å². The fourth-order valence-corrected chi connectivity index (χ4v) is 0.925. The second-order valence-electron chi connectivity index (χ2n) is 2.60. The highest BCUT2D eigenvalue weighted by Crippen LogP contribution is 2.17. The standard InChI is InChI=1S/C10H6FNO3/c11-9-5-4-8(3-1-2-6-13)7-10(9)12(14)15/h4-7H,2H2. The summed E-state index contributed by atoms with van der Waals surface area (Å²) in [5, 5.41) is 10.4. The normalized spacial score (nSPS) is 8.87. The molecule has 0 aliphatic rings. The second kappa shape index (κ2) is 4.86. The maximum Gasteiger partial charge on any atom is 0.306 e. The third-order valence-corrected chi connectivity index (χ3v) is 1.56. The first kappa shape index (κ1) is 10.9. The Morgan fingerprint density at radius 2 is 2.27 bits per heavy atom. The number of nitro groups is 1. The van der Waals surface area contributed by atoms with Gasteiger partial charge in [0.15, 0.2) is 0 Å². The van der Waals surface area contributed by atoms with Crippen molar-refractivity contribution in [3.63, 3.8) is 0 Å². The van der Waals surface area contributed by atoms with Crippen LogP contribution in [0.15, 0.2) is 18.2 Å². The number of nitro benzene ring substituents is 1. The van der Waals surface area contributed by atoms with Crippen LogP contribution in [0.3, 0.4) is 0 Å². The molecule has 0 aliphatic heterocycles. The van der Waals surface area contributed by atoms with E-state index in [1.807, 2.05) is 0 Å². The molecule has 0 heterocycles. The van der Waals surface area contributed by atoms with Gasteiger partial charge in [0.1, 0.15) is 6.29 Å². The van der Waals surface area contributed by atoms with Gasteiger partial charge in [-0.1, -0.05) is 11.8 Å². The monoisotopic (exact) mass is 207 g/mol. The molecule has 0 N–H and O–H groups in total. The Hall–Kier alpha value is -2.22. The van der Waals surface area contributed by atoms with Gasteiger partial charge in [-0.05, 0) is 12.1 Å². The van der Waals surface area contributed by atoms with E-state index in [1.54, 1.807) is 0 Å². The molecule has 0 aliphatic carbocycles. The summed E-state index contributed by atoms with van der Waals surface area (Å²) in [5.74, 6) is 4.09. The molecule has 0 saturated carbocycles. The molecule has 0 aromatic heterocycles. The molecule has 4 nitrogen and oxygen atoms in total. The van der Waals surface area contributed by atoms with Crippen LogP contribution >= 0.6 is 0 Å². The molecule has 1 aromatic rings. The van der Waals surface area contributed by atoms with Crippen molar-refractivity contribution < 1.29 is 14.1 Å². The van der Waals surface area contributed by atoms with Crippen LogP contribution in [0, 0.1) is 27.8 Å². The average Bonchev–Trinajstić information content (AvgIpc) is 2.20. The van der Waals surface area contributed by atoms with Crippen molar-refractivity contribution in [3.05, 3.63) is 39.7 Å². The van der Waals surface area contributed by atoms with Crippen molar-refractivity contribution in [2.24, 2.45) is 0 Å². The fraction of sp³-hybridized carbons (Fsp3) is 0.100. The summed E-state index contributed by atoms with van der Waals surface area (Å²) in [6, 6.07) is 3.33. The molecule has 5 heteroatoms. The summed E-state index contributed by atoms with van der Waals surface area (Å²) in [6.45, 7) is 0. The molecule has 0 radical (unpaired) electrons. The number of rotatable bonds is 2. The van der Waals surface area contributed by atoms with Crippen molar-refractivity contribution in [1.82, 2.24) is 0 Å². The van der Waals surface area contributed by atoms with Gasteiger partial charge in [-0.2, -0.15) is 4.39 Å². The van der Waals surface area contributed by atoms with E-state index < -0.39 is 16.4 Å². The van der Waals surface area contributed by atoms with Crippen molar-refractivity contribution in [3.8, 4) is 11.8 Å². The Bertz CT molecular complexity index is 459. The molecule has 0 atom stereocenters. The van der Waals surface area contributed by atoms with E-state index in [2.05, 4.69) is 11.8 Å². The van der Waals surface area contributed by atoms with Gasteiger partial charge in [0.25, 0.3) is 0 Å². The SMILES string of the molecule is O=CCC#Cc1ccc(F)c([N+](=O)[O-])c1. The highest BCUT2D eigenvalue weighted by atomic mass is 19.1. The predicted molar refractivity (Wildman–Crippen MR) is 50.6 cm³/mol. The third kappa shape index (κ3) is 2.88. The minimum atomic E-state index is -0.902. The van der Waals surface area contributed by atoms with Crippen LogP contribution in [0.4, 0.5) is 10.1 Å². The number of hydrogen-bond acceptors (Lipinski definition) is 3. The average molecular weight is 207 g/mol. The Morgan fingerprint density at radius 1 is 1.53 bits per heavy atom. The Kier molecular flexibility index (Phi) is 3.52. The number of nitrogens with zero attached hydrogens (tertiary/aromatic N) is 1. The first-order valence-electron chi connectivity index (χ1n) is 4.01. The minimum Gasteiger partial charge on any atom is -0.302 e. The van der Waals surface area contributed by atoms with E-state index in [-0.39, 0.29) is 6.42 Å². The van der Waals surface area contributed by atoms with Gasteiger partial charge >= 0.3 is 5.69 Å². The van der Waals surface area contributed by atoms with Crippen molar-refractivity contribution >= 4 is 12.0 Å². The van der Waals surface area contributed by atoms with E-state index in [0.717, 1.165) is 12.1 Å². The molecule has 1 aromatic carbocycles. The summed E-state index contributed by atoms with van der Waals surface area (Å²) in [4.78, 5) is 19.5. The molecular weight excluding hydrogens is 201 g/mol. The molecule has 0 saturated heterocycles. The maximum absolute atomic E-state index is 12.9. The number of carbonyl (C=O) groups excluding carboxylic acids is 1. The number of aldehydes is 1. The second-order valence-corrected chi connectivity index (χ2v) is 2.60. The molecule has 0 unspecified atom stereocenters. The Labute approximate surface area is 84.9 Å². The largest absolute Gasteiger partial charge is 0.306 e. The number of hydrogen-bond donors (Lipinski definition) is 0. The molecule has 0 bridgehead atoms. The first-order chi connectivity index (χ1) is 7.15. The van der Waals surface area contributed by atoms with Crippen LogP contribution in [-0.2, 0) is 4.79 Å². The van der Waals surface area contributed by atoms with Gasteiger partial charge in [0, 0.05) is 11.6 Å². The molecule has 76 valence electrons. The van der Waals surface area contributed by atoms with Gasteiger partial charge in [0.2, 0.25) is 5.82 Å². The lowest BCUT2D eigenvalue weighted by atomic mass is 10.2. The van der Waals surface area contributed by atoms with Gasteiger partial charge in [-0.25, -0.2) is 0 Å². The molecule has 0 fully saturated rings. The third-order valence-electron chi connectivity index (χ3n) is 1.56. The van der Waals surface area contributed by atoms with Gasteiger partial charge < -0.3 is 4.79 Å². The summed E-state index contributed by atoms with van der Waals surface area (Å²) in [5.41, 5.74) is -0.308. The maximum atomic E-state index is 12.9. The molecule has 0 amide bonds. The molecular formula is C10H6FNO3. The van der Waals surface area contributed by atoms with Crippen molar-refractivity contribution in [2.45, 2.75) is 6.42 Å². The summed E-state index contributed by atoms with van der Waals surface area (Å²) >= 11 is 0. The van der Waals surface area contributed by atoms with E-state index in [4.69, 9.17) is 0 Å². The fourth-order valence-electron chi connectivity index (χ4n) is 0.925. The number of benzene rings is 1. The molecule has 15 heavy (non-hydrogen) atoms. The molecule has 0 spiro atoms. The highest BCUT2D eigenvalue weighted by Gasteiger charge is 2.13. The zero-order valence-corrected chi connectivity index (χ0v) is 7.57. The van der Waals surface area contributed by atoms with Crippen LogP contribution in [-0.4, -0.2) is 11.2 Å². The van der Waals surface area contributed by atoms with Crippen molar-refractivity contribution in [2.75, 3.05) is 0 Å². The van der Waals surface area contributed by atoms with Crippen LogP contribution in [0.5, 0.6) is 0 Å². The van der Waals surface area contributed by atoms with Gasteiger partial charge in [-0.3, -0.25) is 10.1 Å². The quantitative estimate of drug-likeness (QED) is 0.321. The van der Waals surface area contributed by atoms with Crippen LogP contribution in [0.25, 0.3) is 0 Å². The topological polar surface area (TPSA) is 60.2 Å². The van der Waals surface area contributed by atoms with Gasteiger partial charge in [0.05, 0.1) is 11.3 Å². The lowest BCUT2D eigenvalue weighted by molar-refractivity contribution is -0.387. The lowest BCUT2D eigenvalue weighted by Gasteiger charge is -1.93. The predicted octanol–water partition coefficient (Wildman–Crippen LogP) is 1.67. The summed E-state index contributed by atoms with van der Waals surface area (Å²) in [7, 11) is 0. The Morgan fingerprint density at radius 3 is 2.87 bits per heavy atom. The number of carbonyl (C=O) groups is 1. The zero-order chi connectivity index (χ0) is 11.3. The lowest BCUT2D eigenvalue weighted by Crippen LogP contribution is -1.92.